The van der Waals surface area contributed by atoms with Crippen molar-refractivity contribution in [3.05, 3.63) is 5.89 Å². The highest BCUT2D eigenvalue weighted by atomic mass is 16.4. The molecule has 0 bridgehead atoms. The number of aromatic nitrogens is 2. The molecule has 1 aromatic rings. The smallest absolute Gasteiger partial charge is 0.318 e. The van der Waals surface area contributed by atoms with Gasteiger partial charge in [-0.3, -0.25) is 0 Å². The summed E-state index contributed by atoms with van der Waals surface area (Å²) in [5, 5.41) is 8.08. The summed E-state index contributed by atoms with van der Waals surface area (Å²) in [5.74, 6) is 1.31. The highest BCUT2D eigenvalue weighted by Crippen LogP contribution is 2.17. The van der Waals surface area contributed by atoms with E-state index in [1.807, 2.05) is 0 Å². The Hall–Kier alpha value is -1.10. The van der Waals surface area contributed by atoms with Crippen molar-refractivity contribution in [2.24, 2.45) is 11.7 Å². The first-order chi connectivity index (χ1) is 8.24. The Bertz CT molecular complexity index is 309. The number of nitrogens with zero attached hydrogens (tertiary/aromatic N) is 3. The van der Waals surface area contributed by atoms with Crippen molar-refractivity contribution in [2.75, 3.05) is 24.5 Å². The van der Waals surface area contributed by atoms with Gasteiger partial charge in [0.1, 0.15) is 0 Å². The molecular weight excluding hydrogens is 216 g/mol. The molecule has 1 heterocycles. The maximum atomic E-state index is 5.59. The summed E-state index contributed by atoms with van der Waals surface area (Å²) >= 11 is 0. The van der Waals surface area contributed by atoms with Gasteiger partial charge in [-0.1, -0.05) is 31.8 Å². The van der Waals surface area contributed by atoms with E-state index in [9.17, 15) is 0 Å². The van der Waals surface area contributed by atoms with E-state index in [0.29, 0.717) is 30.8 Å². The van der Waals surface area contributed by atoms with Gasteiger partial charge in [-0.2, -0.15) is 0 Å². The highest BCUT2D eigenvalue weighted by molar-refractivity contribution is 5.23. The molecule has 5 heteroatoms. The van der Waals surface area contributed by atoms with Crippen LogP contribution in [-0.2, 0) is 6.42 Å². The third-order valence-corrected chi connectivity index (χ3v) is 3.10. The lowest BCUT2D eigenvalue weighted by Gasteiger charge is -2.23. The lowest BCUT2D eigenvalue weighted by atomic mass is 10.0. The van der Waals surface area contributed by atoms with Crippen LogP contribution in [0.2, 0.25) is 0 Å². The van der Waals surface area contributed by atoms with Crippen molar-refractivity contribution < 1.29 is 4.42 Å². The van der Waals surface area contributed by atoms with Crippen LogP contribution in [0.25, 0.3) is 0 Å². The molecule has 0 aromatic carbocycles. The number of anilines is 1. The lowest BCUT2D eigenvalue weighted by molar-refractivity contribution is 0.442. The summed E-state index contributed by atoms with van der Waals surface area (Å²) in [6.07, 6.45) is 3.00. The second-order valence-electron chi connectivity index (χ2n) is 4.24. The average molecular weight is 240 g/mol. The maximum Gasteiger partial charge on any atom is 0.318 e. The SMILES string of the molecule is CCC(CC)CN(CC)c1nnc(CCN)o1. The van der Waals surface area contributed by atoms with Gasteiger partial charge in [0.25, 0.3) is 0 Å². The van der Waals surface area contributed by atoms with Crippen LogP contribution in [0.4, 0.5) is 6.01 Å². The predicted octanol–water partition coefficient (Wildman–Crippen LogP) is 1.83. The summed E-state index contributed by atoms with van der Waals surface area (Å²) < 4.78 is 5.59. The Morgan fingerprint density at radius 2 is 1.94 bits per heavy atom. The topological polar surface area (TPSA) is 68.2 Å². The molecule has 0 atom stereocenters. The molecule has 1 rings (SSSR count). The third kappa shape index (κ3) is 4.00. The van der Waals surface area contributed by atoms with E-state index in [1.54, 1.807) is 0 Å². The minimum atomic E-state index is 0.542. The summed E-state index contributed by atoms with van der Waals surface area (Å²) in [5.41, 5.74) is 5.46. The molecular formula is C12H24N4O. The normalized spacial score (nSPS) is 11.1. The van der Waals surface area contributed by atoms with Crippen molar-refractivity contribution in [2.45, 2.75) is 40.0 Å². The summed E-state index contributed by atoms with van der Waals surface area (Å²) in [7, 11) is 0. The maximum absolute atomic E-state index is 5.59. The Labute approximate surface area is 103 Å². The minimum Gasteiger partial charge on any atom is -0.408 e. The molecule has 1 aromatic heterocycles. The van der Waals surface area contributed by atoms with Crippen LogP contribution in [0.5, 0.6) is 0 Å². The zero-order valence-electron chi connectivity index (χ0n) is 11.1. The van der Waals surface area contributed by atoms with E-state index in [1.165, 1.54) is 12.8 Å². The van der Waals surface area contributed by atoms with E-state index in [0.717, 1.165) is 13.1 Å². The molecule has 0 radical (unpaired) electrons. The van der Waals surface area contributed by atoms with Crippen LogP contribution in [-0.4, -0.2) is 29.8 Å². The second-order valence-corrected chi connectivity index (χ2v) is 4.24. The van der Waals surface area contributed by atoms with E-state index in [-0.39, 0.29) is 0 Å². The highest BCUT2D eigenvalue weighted by Gasteiger charge is 2.16. The first-order valence-corrected chi connectivity index (χ1v) is 6.52. The van der Waals surface area contributed by atoms with Gasteiger partial charge in [0.05, 0.1) is 0 Å². The average Bonchev–Trinajstić information content (AvgIpc) is 2.80. The molecule has 0 aliphatic heterocycles. The molecule has 0 fully saturated rings. The number of nitrogens with two attached hydrogens (primary N) is 1. The molecule has 2 N–H and O–H groups in total. The quantitative estimate of drug-likeness (QED) is 0.751. The molecule has 0 aliphatic carbocycles. The molecule has 0 amide bonds. The van der Waals surface area contributed by atoms with E-state index in [4.69, 9.17) is 10.2 Å². The van der Waals surface area contributed by atoms with E-state index < -0.39 is 0 Å². The van der Waals surface area contributed by atoms with Gasteiger partial charge < -0.3 is 15.1 Å². The van der Waals surface area contributed by atoms with Crippen LogP contribution >= 0.6 is 0 Å². The van der Waals surface area contributed by atoms with Crippen molar-refractivity contribution in [3.8, 4) is 0 Å². The Morgan fingerprint density at radius 3 is 2.47 bits per heavy atom. The predicted molar refractivity (Wildman–Crippen MR) is 69.0 cm³/mol. The molecule has 17 heavy (non-hydrogen) atoms. The Balaban J connectivity index is 2.64. The van der Waals surface area contributed by atoms with Crippen LogP contribution in [0.3, 0.4) is 0 Å². The zero-order chi connectivity index (χ0) is 12.7. The van der Waals surface area contributed by atoms with Crippen LogP contribution in [0, 0.1) is 5.92 Å². The second kappa shape index (κ2) is 7.27. The molecule has 5 nitrogen and oxygen atoms in total. The zero-order valence-corrected chi connectivity index (χ0v) is 11.1. The van der Waals surface area contributed by atoms with Crippen molar-refractivity contribution in [1.82, 2.24) is 10.2 Å². The summed E-state index contributed by atoms with van der Waals surface area (Å²) in [6, 6.07) is 0.628. The molecule has 0 saturated carbocycles. The van der Waals surface area contributed by atoms with Gasteiger partial charge in [0, 0.05) is 26.1 Å². The first-order valence-electron chi connectivity index (χ1n) is 6.52. The minimum absolute atomic E-state index is 0.542. The molecule has 98 valence electrons. The molecule has 0 aliphatic rings. The Kier molecular flexibility index (Phi) is 5.97. The molecule has 0 saturated heterocycles. The van der Waals surface area contributed by atoms with Gasteiger partial charge in [-0.25, -0.2) is 0 Å². The standard InChI is InChI=1S/C12H24N4O/c1-4-10(5-2)9-16(6-3)12-15-14-11(17-12)7-8-13/h10H,4-9,13H2,1-3H3. The van der Waals surface area contributed by atoms with Gasteiger partial charge in [0.15, 0.2) is 0 Å². The van der Waals surface area contributed by atoms with Crippen molar-refractivity contribution in [3.63, 3.8) is 0 Å². The fraction of sp³-hybridized carbons (Fsp3) is 0.833. The van der Waals surface area contributed by atoms with Gasteiger partial charge in [-0.15, -0.1) is 5.10 Å². The lowest BCUT2D eigenvalue weighted by Crippen LogP contribution is -2.29. The van der Waals surface area contributed by atoms with Crippen LogP contribution in [0.15, 0.2) is 4.42 Å². The number of hydrogen-bond acceptors (Lipinski definition) is 5. The number of rotatable bonds is 8. The molecule has 0 unspecified atom stereocenters. The van der Waals surface area contributed by atoms with Gasteiger partial charge in [0.2, 0.25) is 5.89 Å². The summed E-state index contributed by atoms with van der Waals surface area (Å²) in [4.78, 5) is 2.14. The van der Waals surface area contributed by atoms with Crippen LogP contribution in [0.1, 0.15) is 39.5 Å². The van der Waals surface area contributed by atoms with Gasteiger partial charge in [-0.05, 0) is 12.8 Å². The van der Waals surface area contributed by atoms with E-state index in [2.05, 4.69) is 35.9 Å². The largest absolute Gasteiger partial charge is 0.408 e. The molecule has 0 spiro atoms. The fourth-order valence-electron chi connectivity index (χ4n) is 1.80. The monoisotopic (exact) mass is 240 g/mol. The Morgan fingerprint density at radius 1 is 1.24 bits per heavy atom. The third-order valence-electron chi connectivity index (χ3n) is 3.10. The first kappa shape index (κ1) is 14.0. The summed E-state index contributed by atoms with van der Waals surface area (Å²) in [6.45, 7) is 8.95. The fourth-order valence-corrected chi connectivity index (χ4v) is 1.80. The van der Waals surface area contributed by atoms with Crippen LogP contribution < -0.4 is 10.6 Å². The van der Waals surface area contributed by atoms with Crippen molar-refractivity contribution in [1.29, 1.82) is 0 Å². The van der Waals surface area contributed by atoms with Gasteiger partial charge >= 0.3 is 6.01 Å². The van der Waals surface area contributed by atoms with Crippen molar-refractivity contribution >= 4 is 6.01 Å². The van der Waals surface area contributed by atoms with E-state index >= 15 is 0 Å². The number of hydrogen-bond donors (Lipinski definition) is 1.